The maximum absolute atomic E-state index is 4.85. The fourth-order valence-corrected chi connectivity index (χ4v) is 4.39. The van der Waals surface area contributed by atoms with Crippen LogP contribution >= 0.6 is 0 Å². The van der Waals surface area contributed by atoms with Crippen LogP contribution in [-0.2, 0) is 13.1 Å². The maximum atomic E-state index is 4.85. The first-order valence-corrected chi connectivity index (χ1v) is 11.5. The molecule has 7 heteroatoms. The van der Waals surface area contributed by atoms with Gasteiger partial charge in [-0.15, -0.1) is 0 Å². The number of hydrogen-bond acceptors (Lipinski definition) is 5. The number of likely N-dealkylation sites (tertiary alicyclic amines) is 1. The molecule has 4 heterocycles. The minimum absolute atomic E-state index is 0.365. The molecule has 0 unspecified atom stereocenters. The summed E-state index contributed by atoms with van der Waals surface area (Å²) in [4.78, 5) is 7.35. The Kier molecular flexibility index (Phi) is 5.90. The Bertz CT molecular complexity index is 1160. The molecule has 166 valence electrons. The topological polar surface area (TPSA) is 63.3 Å². The van der Waals surface area contributed by atoms with E-state index in [1.54, 1.807) is 0 Å². The van der Waals surface area contributed by atoms with E-state index in [0.29, 0.717) is 12.0 Å². The highest BCUT2D eigenvalue weighted by Crippen LogP contribution is 2.26. The molecule has 1 aliphatic rings. The van der Waals surface area contributed by atoms with Crippen molar-refractivity contribution < 1.29 is 0 Å². The first-order chi connectivity index (χ1) is 15.6. The lowest BCUT2D eigenvalue weighted by Crippen LogP contribution is -2.34. The molecule has 1 atom stereocenters. The monoisotopic (exact) mass is 429 g/mol. The molecule has 0 radical (unpaired) electrons. The van der Waals surface area contributed by atoms with Crippen LogP contribution in [0.2, 0.25) is 0 Å². The van der Waals surface area contributed by atoms with Gasteiger partial charge in [-0.2, -0.15) is 10.2 Å². The van der Waals surface area contributed by atoms with E-state index in [2.05, 4.69) is 65.7 Å². The van der Waals surface area contributed by atoms with Crippen LogP contribution in [0.5, 0.6) is 0 Å². The first-order valence-electron chi connectivity index (χ1n) is 11.5. The van der Waals surface area contributed by atoms with Crippen LogP contribution in [0.3, 0.4) is 0 Å². The number of piperidine rings is 1. The van der Waals surface area contributed by atoms with Crippen molar-refractivity contribution in [2.75, 3.05) is 18.4 Å². The molecule has 7 nitrogen and oxygen atoms in total. The third-order valence-corrected chi connectivity index (χ3v) is 6.15. The third-order valence-electron chi connectivity index (χ3n) is 6.15. The summed E-state index contributed by atoms with van der Waals surface area (Å²) in [6, 6.07) is 14.9. The molecule has 1 aliphatic heterocycles. The van der Waals surface area contributed by atoms with Gasteiger partial charge in [-0.25, -0.2) is 9.50 Å². The quantitative estimate of drug-likeness (QED) is 0.469. The fraction of sp³-hybridized carbons (Fsp3) is 0.400. The number of nitrogens with one attached hydrogen (secondary N) is 1. The molecule has 3 aromatic heterocycles. The van der Waals surface area contributed by atoms with Crippen molar-refractivity contribution in [1.82, 2.24) is 29.3 Å². The van der Waals surface area contributed by atoms with Crippen molar-refractivity contribution in [1.29, 1.82) is 0 Å². The molecular weight excluding hydrogens is 398 g/mol. The van der Waals surface area contributed by atoms with E-state index in [1.165, 1.54) is 17.5 Å². The Morgan fingerprint density at radius 3 is 2.75 bits per heavy atom. The standard InChI is InChI=1S/C25H31N7/c1-19(2)31-16-21(14-27-31)15-30-12-6-9-22(17-30)25-28-24-11-10-23(18-32(24)29-25)26-13-20-7-4-3-5-8-20/h3-5,7-8,10-11,14,16,18-19,22,26H,6,9,12-13,15,17H2,1-2H3/t22-/m0/s1. The Morgan fingerprint density at radius 2 is 1.94 bits per heavy atom. The van der Waals surface area contributed by atoms with Crippen molar-refractivity contribution in [2.45, 2.75) is 51.7 Å². The zero-order chi connectivity index (χ0) is 21.9. The molecule has 0 bridgehead atoms. The number of rotatable bonds is 7. The molecule has 1 saturated heterocycles. The van der Waals surface area contributed by atoms with Crippen molar-refractivity contribution in [3.63, 3.8) is 0 Å². The lowest BCUT2D eigenvalue weighted by molar-refractivity contribution is 0.196. The van der Waals surface area contributed by atoms with E-state index in [0.717, 1.165) is 49.8 Å². The summed E-state index contributed by atoms with van der Waals surface area (Å²) in [6.45, 7) is 8.15. The molecule has 0 amide bonds. The van der Waals surface area contributed by atoms with Gasteiger partial charge in [-0.05, 0) is 50.9 Å². The van der Waals surface area contributed by atoms with Gasteiger partial charge in [-0.1, -0.05) is 30.3 Å². The van der Waals surface area contributed by atoms with Crippen molar-refractivity contribution in [3.05, 3.63) is 78.0 Å². The van der Waals surface area contributed by atoms with Crippen LogP contribution in [0.1, 0.15) is 55.6 Å². The Labute approximate surface area is 189 Å². The molecule has 1 N–H and O–H groups in total. The predicted molar refractivity (Wildman–Crippen MR) is 127 cm³/mol. The minimum atomic E-state index is 0.365. The van der Waals surface area contributed by atoms with Gasteiger partial charge < -0.3 is 5.32 Å². The van der Waals surface area contributed by atoms with Gasteiger partial charge in [0.1, 0.15) is 0 Å². The van der Waals surface area contributed by atoms with Crippen LogP contribution in [0.4, 0.5) is 5.69 Å². The van der Waals surface area contributed by atoms with Gasteiger partial charge >= 0.3 is 0 Å². The summed E-state index contributed by atoms with van der Waals surface area (Å²) in [5.41, 5.74) is 4.48. The summed E-state index contributed by atoms with van der Waals surface area (Å²) in [5.74, 6) is 1.32. The first kappa shape index (κ1) is 20.7. The molecule has 32 heavy (non-hydrogen) atoms. The molecule has 1 aromatic carbocycles. The van der Waals surface area contributed by atoms with E-state index >= 15 is 0 Å². The fourth-order valence-electron chi connectivity index (χ4n) is 4.39. The summed E-state index contributed by atoms with van der Waals surface area (Å²) < 4.78 is 3.94. The average molecular weight is 430 g/mol. The average Bonchev–Trinajstić information content (AvgIpc) is 3.45. The van der Waals surface area contributed by atoms with Crippen LogP contribution in [0, 0.1) is 0 Å². The Balaban J connectivity index is 1.25. The van der Waals surface area contributed by atoms with E-state index in [-0.39, 0.29) is 0 Å². The smallest absolute Gasteiger partial charge is 0.156 e. The van der Waals surface area contributed by atoms with E-state index in [9.17, 15) is 0 Å². The van der Waals surface area contributed by atoms with Gasteiger partial charge in [0.15, 0.2) is 11.5 Å². The molecular formula is C25H31N7. The largest absolute Gasteiger partial charge is 0.380 e. The van der Waals surface area contributed by atoms with Crippen molar-refractivity contribution >= 4 is 11.3 Å². The van der Waals surface area contributed by atoms with Crippen molar-refractivity contribution in [2.24, 2.45) is 0 Å². The van der Waals surface area contributed by atoms with Gasteiger partial charge in [0.25, 0.3) is 0 Å². The molecule has 1 fully saturated rings. The minimum Gasteiger partial charge on any atom is -0.380 e. The second kappa shape index (κ2) is 9.12. The number of fused-ring (bicyclic) bond motifs is 1. The number of pyridine rings is 1. The molecule has 5 rings (SSSR count). The summed E-state index contributed by atoms with van der Waals surface area (Å²) >= 11 is 0. The van der Waals surface area contributed by atoms with Crippen LogP contribution in [0.15, 0.2) is 61.1 Å². The SMILES string of the molecule is CC(C)n1cc(CN2CCC[C@H](c3nc4ccc(NCc5ccccc5)cn4n3)C2)cn1. The van der Waals surface area contributed by atoms with Crippen LogP contribution < -0.4 is 5.32 Å². The molecule has 0 aliphatic carbocycles. The van der Waals surface area contributed by atoms with E-state index in [4.69, 9.17) is 10.1 Å². The second-order valence-corrected chi connectivity index (χ2v) is 9.03. The highest BCUT2D eigenvalue weighted by Gasteiger charge is 2.25. The molecule has 0 spiro atoms. The van der Waals surface area contributed by atoms with Crippen molar-refractivity contribution in [3.8, 4) is 0 Å². The summed E-state index contributed by atoms with van der Waals surface area (Å²) in [7, 11) is 0. The van der Waals surface area contributed by atoms with E-state index < -0.39 is 0 Å². The lowest BCUT2D eigenvalue weighted by Gasteiger charge is -2.30. The Morgan fingerprint density at radius 1 is 1.06 bits per heavy atom. The normalized spacial score (nSPS) is 17.3. The number of hydrogen-bond donors (Lipinski definition) is 1. The number of aromatic nitrogens is 5. The van der Waals surface area contributed by atoms with Gasteiger partial charge in [0.2, 0.25) is 0 Å². The van der Waals surface area contributed by atoms with Crippen LogP contribution in [0.25, 0.3) is 5.65 Å². The highest BCUT2D eigenvalue weighted by molar-refractivity contribution is 5.49. The van der Waals surface area contributed by atoms with Gasteiger partial charge in [0.05, 0.1) is 18.1 Å². The highest BCUT2D eigenvalue weighted by atomic mass is 15.3. The maximum Gasteiger partial charge on any atom is 0.156 e. The van der Waals surface area contributed by atoms with Crippen LogP contribution in [-0.4, -0.2) is 42.4 Å². The number of nitrogens with zero attached hydrogens (tertiary/aromatic N) is 6. The molecule has 0 saturated carbocycles. The number of benzene rings is 1. The van der Waals surface area contributed by atoms with Gasteiger partial charge in [-0.3, -0.25) is 9.58 Å². The molecule has 4 aromatic rings. The summed E-state index contributed by atoms with van der Waals surface area (Å²) in [6.07, 6.45) is 8.51. The second-order valence-electron chi connectivity index (χ2n) is 9.03. The lowest BCUT2D eigenvalue weighted by atomic mass is 9.97. The Hall–Kier alpha value is -3.19. The predicted octanol–water partition coefficient (Wildman–Crippen LogP) is 4.50. The third kappa shape index (κ3) is 4.67. The number of anilines is 1. The zero-order valence-electron chi connectivity index (χ0n) is 18.9. The summed E-state index contributed by atoms with van der Waals surface area (Å²) in [5, 5.41) is 12.8. The zero-order valence-corrected chi connectivity index (χ0v) is 18.9. The van der Waals surface area contributed by atoms with Gasteiger partial charge in [0, 0.05) is 43.4 Å². The van der Waals surface area contributed by atoms with E-state index in [1.807, 2.05) is 33.7 Å².